The van der Waals surface area contributed by atoms with Gasteiger partial charge in [0.05, 0.1) is 30.9 Å². The zero-order chi connectivity index (χ0) is 23.7. The van der Waals surface area contributed by atoms with Gasteiger partial charge >= 0.3 is 0 Å². The fourth-order valence-electron chi connectivity index (χ4n) is 4.43. The predicted octanol–water partition coefficient (Wildman–Crippen LogP) is -6.30. The maximum absolute atomic E-state index is 11.0. The van der Waals surface area contributed by atoms with Gasteiger partial charge in [-0.3, -0.25) is 0 Å². The van der Waals surface area contributed by atoms with E-state index < -0.39 is 92.2 Å². The van der Waals surface area contributed by atoms with E-state index in [4.69, 9.17) is 47.6 Å². The van der Waals surface area contributed by atoms with Crippen molar-refractivity contribution < 1.29 is 44.5 Å². The molecule has 0 aromatic heterocycles. The first kappa shape index (κ1) is 26.1. The molecule has 0 radical (unpaired) electrons. The fraction of sp³-hybridized carbons (Fsp3) is 1.00. The van der Waals surface area contributed by atoms with Gasteiger partial charge in [0.25, 0.3) is 0 Å². The number of nitrogens with two attached hydrogens (primary N) is 5. The average molecular weight is 468 g/mol. The quantitative estimate of drug-likeness (QED) is 0.174. The molecule has 0 bridgehead atoms. The van der Waals surface area contributed by atoms with Crippen LogP contribution in [0.2, 0.25) is 0 Å². The lowest BCUT2D eigenvalue weighted by atomic mass is 9.84. The molecule has 0 spiro atoms. The number of hydrogen-bond donors (Lipinski definition) is 10. The van der Waals surface area contributed by atoms with Crippen molar-refractivity contribution in [3.05, 3.63) is 0 Å². The summed E-state index contributed by atoms with van der Waals surface area (Å²) in [6.07, 6.45) is -10.7. The van der Waals surface area contributed by atoms with Gasteiger partial charge in [-0.25, -0.2) is 0 Å². The van der Waals surface area contributed by atoms with Crippen molar-refractivity contribution in [1.82, 2.24) is 0 Å². The van der Waals surface area contributed by atoms with Crippen LogP contribution in [0.1, 0.15) is 12.8 Å². The Morgan fingerprint density at radius 3 is 1.84 bits per heavy atom. The molecule has 1 saturated carbocycles. The zero-order valence-corrected chi connectivity index (χ0v) is 17.7. The molecule has 3 aliphatic rings. The lowest BCUT2D eigenvalue weighted by Crippen LogP contribution is -2.68. The summed E-state index contributed by atoms with van der Waals surface area (Å²) in [5.41, 5.74) is 29.9. The van der Waals surface area contributed by atoms with E-state index in [0.29, 0.717) is 0 Å². The van der Waals surface area contributed by atoms with Crippen LogP contribution in [0.5, 0.6) is 0 Å². The Hall–Kier alpha value is -0.560. The lowest BCUT2D eigenvalue weighted by Gasteiger charge is -2.47. The summed E-state index contributed by atoms with van der Waals surface area (Å²) in [6.45, 7) is -0.521. The van der Waals surface area contributed by atoms with Gasteiger partial charge in [0.2, 0.25) is 0 Å². The molecule has 3 rings (SSSR count). The van der Waals surface area contributed by atoms with Crippen molar-refractivity contribution in [2.24, 2.45) is 28.7 Å². The standard InChI is InChI=1S/C18H37N5O9/c19-3-9-8(25)2-7(22)17(29-9)31-15-5(20)1-6(21)16(14(15)28)32-18-11(23)13(27)12(26)10(4-24)30-18/h5-18,24-28H,1-4,19-23H2/t5-,6+,7+,8-,9+,10+,11+,12+,13+,14-,15+,16-,17+,18+/m0/s1. The normalized spacial score (nSPS) is 52.7. The average Bonchev–Trinajstić information content (AvgIpc) is 2.75. The number of rotatable bonds is 6. The molecule has 2 heterocycles. The molecule has 14 nitrogen and oxygen atoms in total. The van der Waals surface area contributed by atoms with Crippen LogP contribution in [0.3, 0.4) is 0 Å². The number of aliphatic hydroxyl groups is 5. The molecule has 14 heteroatoms. The van der Waals surface area contributed by atoms with E-state index in [0.717, 1.165) is 0 Å². The van der Waals surface area contributed by atoms with Crippen LogP contribution in [0.25, 0.3) is 0 Å². The Morgan fingerprint density at radius 1 is 0.719 bits per heavy atom. The Bertz CT molecular complexity index is 607. The predicted molar refractivity (Wildman–Crippen MR) is 108 cm³/mol. The summed E-state index contributed by atoms with van der Waals surface area (Å²) in [7, 11) is 0. The van der Waals surface area contributed by atoms with Gasteiger partial charge in [0.15, 0.2) is 12.6 Å². The van der Waals surface area contributed by atoms with Gasteiger partial charge in [0.1, 0.15) is 36.6 Å². The first-order chi connectivity index (χ1) is 15.1. The molecule has 188 valence electrons. The third kappa shape index (κ3) is 5.24. The summed E-state index contributed by atoms with van der Waals surface area (Å²) in [5.74, 6) is 0. The molecule has 15 N–H and O–H groups in total. The molecule has 14 atom stereocenters. The SMILES string of the molecule is NC[C@H]1O[C@H](O[C@H]2[C@H](O)[C@@H](O[C@H]3O[C@H](CO)[C@@H](O)[C@H](O)[C@H]3N)[C@H](N)C[C@@H]2N)[C@H](N)C[C@@H]1O. The van der Waals surface area contributed by atoms with Gasteiger partial charge < -0.3 is 73.1 Å². The van der Waals surface area contributed by atoms with E-state index in [1.54, 1.807) is 0 Å². The molecule has 32 heavy (non-hydrogen) atoms. The van der Waals surface area contributed by atoms with Crippen LogP contribution < -0.4 is 28.7 Å². The van der Waals surface area contributed by atoms with Crippen LogP contribution in [0.15, 0.2) is 0 Å². The van der Waals surface area contributed by atoms with Crippen molar-refractivity contribution in [1.29, 1.82) is 0 Å². The van der Waals surface area contributed by atoms with Gasteiger partial charge in [-0.1, -0.05) is 0 Å². The number of aliphatic hydroxyl groups excluding tert-OH is 5. The Labute approximate surface area is 185 Å². The Morgan fingerprint density at radius 2 is 1.28 bits per heavy atom. The van der Waals surface area contributed by atoms with Crippen molar-refractivity contribution in [2.45, 2.75) is 98.4 Å². The highest BCUT2D eigenvalue weighted by atomic mass is 16.7. The van der Waals surface area contributed by atoms with Crippen molar-refractivity contribution >= 4 is 0 Å². The maximum Gasteiger partial charge on any atom is 0.176 e. The maximum atomic E-state index is 11.0. The zero-order valence-electron chi connectivity index (χ0n) is 17.7. The van der Waals surface area contributed by atoms with Crippen LogP contribution in [0, 0.1) is 0 Å². The third-order valence-corrected chi connectivity index (χ3v) is 6.41. The molecular formula is C18H37N5O9. The summed E-state index contributed by atoms with van der Waals surface area (Å²) in [4.78, 5) is 0. The van der Waals surface area contributed by atoms with E-state index >= 15 is 0 Å². The molecule has 2 aliphatic heterocycles. The minimum Gasteiger partial charge on any atom is -0.394 e. The smallest absolute Gasteiger partial charge is 0.176 e. The van der Waals surface area contributed by atoms with Crippen LogP contribution in [-0.4, -0.2) is 124 Å². The number of ether oxygens (including phenoxy) is 4. The van der Waals surface area contributed by atoms with Crippen LogP contribution in [0.4, 0.5) is 0 Å². The van der Waals surface area contributed by atoms with Crippen LogP contribution >= 0.6 is 0 Å². The van der Waals surface area contributed by atoms with Gasteiger partial charge in [-0.05, 0) is 12.8 Å². The van der Waals surface area contributed by atoms with Gasteiger partial charge in [-0.15, -0.1) is 0 Å². The molecule has 1 aliphatic carbocycles. The van der Waals surface area contributed by atoms with Crippen molar-refractivity contribution in [3.63, 3.8) is 0 Å². The van der Waals surface area contributed by atoms with E-state index in [1.165, 1.54) is 0 Å². The first-order valence-electron chi connectivity index (χ1n) is 10.8. The first-order valence-corrected chi connectivity index (χ1v) is 10.8. The highest BCUT2D eigenvalue weighted by molar-refractivity contribution is 5.01. The molecule has 3 fully saturated rings. The van der Waals surface area contributed by atoms with E-state index in [2.05, 4.69) is 0 Å². The highest BCUT2D eigenvalue weighted by Gasteiger charge is 2.50. The molecule has 0 amide bonds. The highest BCUT2D eigenvalue weighted by Crippen LogP contribution is 2.30. The Balaban J connectivity index is 1.70. The second-order valence-corrected chi connectivity index (χ2v) is 8.78. The van der Waals surface area contributed by atoms with Crippen molar-refractivity contribution in [2.75, 3.05) is 13.2 Å². The van der Waals surface area contributed by atoms with Gasteiger partial charge in [0, 0.05) is 18.6 Å². The fourth-order valence-corrected chi connectivity index (χ4v) is 4.43. The second kappa shape index (κ2) is 10.8. The molecule has 0 unspecified atom stereocenters. The number of hydrogen-bond acceptors (Lipinski definition) is 14. The molecule has 2 saturated heterocycles. The summed E-state index contributed by atoms with van der Waals surface area (Å²) >= 11 is 0. The minimum atomic E-state index is -1.43. The van der Waals surface area contributed by atoms with Crippen molar-refractivity contribution in [3.8, 4) is 0 Å². The topological polar surface area (TPSA) is 268 Å². The van der Waals surface area contributed by atoms with Crippen LogP contribution in [-0.2, 0) is 18.9 Å². The summed E-state index contributed by atoms with van der Waals surface area (Å²) < 4.78 is 22.8. The lowest BCUT2D eigenvalue weighted by molar-refractivity contribution is -0.307. The second-order valence-electron chi connectivity index (χ2n) is 8.78. The third-order valence-electron chi connectivity index (χ3n) is 6.41. The monoisotopic (exact) mass is 467 g/mol. The summed E-state index contributed by atoms with van der Waals surface area (Å²) in [6, 6.07) is -3.26. The minimum absolute atomic E-state index is 0.0563. The van der Waals surface area contributed by atoms with E-state index in [-0.39, 0.29) is 19.4 Å². The largest absolute Gasteiger partial charge is 0.394 e. The Kier molecular flexibility index (Phi) is 8.79. The van der Waals surface area contributed by atoms with E-state index in [1.807, 2.05) is 0 Å². The van der Waals surface area contributed by atoms with Gasteiger partial charge in [-0.2, -0.15) is 0 Å². The van der Waals surface area contributed by atoms with E-state index in [9.17, 15) is 25.5 Å². The molecule has 0 aromatic rings. The molecule has 0 aromatic carbocycles. The summed E-state index contributed by atoms with van der Waals surface area (Å²) in [5, 5.41) is 50.5. The molecular weight excluding hydrogens is 430 g/mol.